The van der Waals surface area contributed by atoms with Gasteiger partial charge in [0.1, 0.15) is 0 Å². The van der Waals surface area contributed by atoms with Gasteiger partial charge in [-0.2, -0.15) is 0 Å². The second-order valence-corrected chi connectivity index (χ2v) is 4.89. The van der Waals surface area contributed by atoms with Crippen LogP contribution in [0, 0.1) is 0 Å². The molecule has 0 spiro atoms. The van der Waals surface area contributed by atoms with Crippen molar-refractivity contribution in [2.45, 2.75) is 6.54 Å². The van der Waals surface area contributed by atoms with Gasteiger partial charge in [-0.3, -0.25) is 13.9 Å². The molecule has 8 nitrogen and oxygen atoms in total. The molecule has 9 heteroatoms. The van der Waals surface area contributed by atoms with Crippen LogP contribution < -0.4 is 11.2 Å². The molecule has 98 valence electrons. The average molecular weight is 272 g/mol. The third kappa shape index (κ3) is 1.91. The summed E-state index contributed by atoms with van der Waals surface area (Å²) in [4.78, 5) is 27.6. The van der Waals surface area contributed by atoms with Gasteiger partial charge < -0.3 is 9.12 Å². The van der Waals surface area contributed by atoms with Crippen molar-refractivity contribution in [2.24, 2.45) is 14.1 Å². The Labute approximate surface area is 104 Å². The van der Waals surface area contributed by atoms with Gasteiger partial charge in [0.25, 0.3) is 5.56 Å². The molecule has 0 amide bonds. The van der Waals surface area contributed by atoms with Crippen LogP contribution in [-0.4, -0.2) is 33.2 Å². The predicted molar refractivity (Wildman–Crippen MR) is 65.9 cm³/mol. The van der Waals surface area contributed by atoms with Crippen molar-refractivity contribution in [1.82, 2.24) is 18.7 Å². The van der Waals surface area contributed by atoms with Crippen molar-refractivity contribution in [2.75, 3.05) is 5.75 Å². The number of rotatable bonds is 3. The molecule has 1 atom stereocenters. The zero-order chi connectivity index (χ0) is 13.4. The Balaban J connectivity index is 2.70. The van der Waals surface area contributed by atoms with Crippen LogP contribution in [0.2, 0.25) is 0 Å². The Morgan fingerprint density at radius 2 is 2.00 bits per heavy atom. The zero-order valence-corrected chi connectivity index (χ0v) is 10.7. The average Bonchev–Trinajstić information content (AvgIpc) is 2.75. The van der Waals surface area contributed by atoms with Crippen LogP contribution in [0.4, 0.5) is 0 Å². The first-order valence-corrected chi connectivity index (χ1v) is 6.39. The van der Waals surface area contributed by atoms with Crippen molar-refractivity contribution in [3.8, 4) is 0 Å². The first-order chi connectivity index (χ1) is 8.43. The fraction of sp³-hybridized carbons (Fsp3) is 0.444. The normalized spacial score (nSPS) is 13.1. The Kier molecular flexibility index (Phi) is 3.18. The Morgan fingerprint density at radius 3 is 2.61 bits per heavy atom. The summed E-state index contributed by atoms with van der Waals surface area (Å²) in [6, 6.07) is 0. The minimum Gasteiger partial charge on any atom is -0.324 e. The molecule has 0 aromatic carbocycles. The van der Waals surface area contributed by atoms with Crippen LogP contribution in [-0.2, 0) is 31.7 Å². The molecule has 0 bridgehead atoms. The van der Waals surface area contributed by atoms with Gasteiger partial charge in [-0.05, 0) is 0 Å². The highest BCUT2D eigenvalue weighted by Gasteiger charge is 2.14. The van der Waals surface area contributed by atoms with Crippen LogP contribution in [0.25, 0.3) is 11.2 Å². The van der Waals surface area contributed by atoms with Gasteiger partial charge in [0.2, 0.25) is 0 Å². The van der Waals surface area contributed by atoms with E-state index in [-0.39, 0.29) is 23.5 Å². The summed E-state index contributed by atoms with van der Waals surface area (Å²) in [5, 5.41) is 0. The minimum atomic E-state index is -1.94. The van der Waals surface area contributed by atoms with Gasteiger partial charge in [-0.25, -0.2) is 14.0 Å². The highest BCUT2D eigenvalue weighted by atomic mass is 32.2. The van der Waals surface area contributed by atoms with Gasteiger partial charge in [0, 0.05) is 20.6 Å². The fourth-order valence-corrected chi connectivity index (χ4v) is 2.10. The first-order valence-electron chi connectivity index (χ1n) is 5.11. The van der Waals surface area contributed by atoms with Crippen molar-refractivity contribution < 1.29 is 8.76 Å². The summed E-state index contributed by atoms with van der Waals surface area (Å²) in [7, 11) is 2.90. The number of hydrogen-bond acceptors (Lipinski definition) is 4. The van der Waals surface area contributed by atoms with Crippen molar-refractivity contribution >= 4 is 22.2 Å². The lowest BCUT2D eigenvalue weighted by Gasteiger charge is -2.05. The predicted octanol–water partition coefficient (Wildman–Crippen LogP) is -1.34. The maximum atomic E-state index is 12.0. The number of imidazole rings is 1. The van der Waals surface area contributed by atoms with E-state index < -0.39 is 22.3 Å². The molecule has 1 N–H and O–H groups in total. The summed E-state index contributed by atoms with van der Waals surface area (Å²) < 4.78 is 23.1. The van der Waals surface area contributed by atoms with E-state index in [0.29, 0.717) is 0 Å². The highest BCUT2D eigenvalue weighted by molar-refractivity contribution is 7.79. The summed E-state index contributed by atoms with van der Waals surface area (Å²) in [6.07, 6.45) is 1.39. The largest absolute Gasteiger partial charge is 0.332 e. The van der Waals surface area contributed by atoms with Crippen molar-refractivity contribution in [3.05, 3.63) is 27.2 Å². The van der Waals surface area contributed by atoms with E-state index in [1.807, 2.05) is 0 Å². The minimum absolute atomic E-state index is 0.00252. The second-order valence-electron chi connectivity index (χ2n) is 3.84. The van der Waals surface area contributed by atoms with Crippen LogP contribution in [0.3, 0.4) is 0 Å². The molecule has 1 unspecified atom stereocenters. The number of hydrogen-bond donors (Lipinski definition) is 1. The molecule has 0 aliphatic heterocycles. The Hall–Kier alpha value is -1.74. The molecule has 2 rings (SSSR count). The maximum absolute atomic E-state index is 12.0. The Morgan fingerprint density at radius 1 is 1.33 bits per heavy atom. The third-order valence-corrected chi connectivity index (χ3v) is 3.26. The lowest BCUT2D eigenvalue weighted by molar-refractivity contribution is 0.558. The number of aryl methyl sites for hydroxylation is 2. The lowest BCUT2D eigenvalue weighted by Crippen LogP contribution is -2.37. The van der Waals surface area contributed by atoms with E-state index in [2.05, 4.69) is 4.98 Å². The summed E-state index contributed by atoms with van der Waals surface area (Å²) in [6.45, 7) is 0.188. The number of fused-ring (bicyclic) bond motifs is 1. The molecule has 2 aromatic heterocycles. The van der Waals surface area contributed by atoms with E-state index in [1.165, 1.54) is 29.6 Å². The van der Waals surface area contributed by atoms with Gasteiger partial charge in [-0.15, -0.1) is 0 Å². The highest BCUT2D eigenvalue weighted by Crippen LogP contribution is 2.05. The van der Waals surface area contributed by atoms with Crippen LogP contribution in [0.1, 0.15) is 0 Å². The molecule has 0 aliphatic carbocycles. The van der Waals surface area contributed by atoms with Gasteiger partial charge >= 0.3 is 5.69 Å². The standard InChI is InChI=1S/C9H12N4O4S/c1-11-7-6(8(14)12(2)9(11)15)13(5-10-7)3-4-18(16)17/h5H,3-4H2,1-2H3,(H,16,17). The molecule has 0 radical (unpaired) electrons. The monoisotopic (exact) mass is 272 g/mol. The van der Waals surface area contributed by atoms with E-state index in [9.17, 15) is 13.8 Å². The topological polar surface area (TPSA) is 99.1 Å². The van der Waals surface area contributed by atoms with E-state index in [1.54, 1.807) is 0 Å². The smallest absolute Gasteiger partial charge is 0.324 e. The fourth-order valence-electron chi connectivity index (χ4n) is 1.74. The molecular weight excluding hydrogens is 260 g/mol. The second kappa shape index (κ2) is 4.50. The molecule has 0 saturated heterocycles. The Bertz CT molecular complexity index is 741. The van der Waals surface area contributed by atoms with Crippen LogP contribution >= 0.6 is 0 Å². The summed E-state index contributed by atoms with van der Waals surface area (Å²) in [5.41, 5.74) is -0.394. The maximum Gasteiger partial charge on any atom is 0.332 e. The quantitative estimate of drug-likeness (QED) is 0.697. The van der Waals surface area contributed by atoms with Crippen molar-refractivity contribution in [3.63, 3.8) is 0 Å². The molecule has 2 heterocycles. The van der Waals surface area contributed by atoms with Crippen molar-refractivity contribution in [1.29, 1.82) is 0 Å². The van der Waals surface area contributed by atoms with Crippen LogP contribution in [0.5, 0.6) is 0 Å². The molecule has 0 fully saturated rings. The first kappa shape index (κ1) is 12.7. The van der Waals surface area contributed by atoms with Gasteiger partial charge in [0.05, 0.1) is 12.1 Å². The van der Waals surface area contributed by atoms with E-state index in [4.69, 9.17) is 4.55 Å². The summed E-state index contributed by atoms with van der Waals surface area (Å²) >= 11 is -1.94. The zero-order valence-electron chi connectivity index (χ0n) is 9.86. The molecule has 18 heavy (non-hydrogen) atoms. The molecule has 2 aromatic rings. The van der Waals surface area contributed by atoms with E-state index in [0.717, 1.165) is 4.57 Å². The molecule has 0 aliphatic rings. The lowest BCUT2D eigenvalue weighted by atomic mass is 10.5. The SMILES string of the molecule is Cn1c(=O)c2c(ncn2CCS(=O)O)n(C)c1=O. The van der Waals surface area contributed by atoms with Gasteiger partial charge in [0.15, 0.2) is 22.2 Å². The number of nitrogens with zero attached hydrogens (tertiary/aromatic N) is 4. The van der Waals surface area contributed by atoms with Gasteiger partial charge in [-0.1, -0.05) is 0 Å². The summed E-state index contributed by atoms with van der Waals surface area (Å²) in [5.74, 6) is -0.00252. The third-order valence-electron chi connectivity index (χ3n) is 2.72. The van der Waals surface area contributed by atoms with E-state index >= 15 is 0 Å². The van der Waals surface area contributed by atoms with Crippen LogP contribution in [0.15, 0.2) is 15.9 Å². The number of aromatic nitrogens is 4. The molecular formula is C9H12N4O4S. The molecule has 0 saturated carbocycles.